The van der Waals surface area contributed by atoms with Crippen LogP contribution >= 0.6 is 0 Å². The minimum absolute atomic E-state index is 0.250. The molecule has 1 saturated carbocycles. The first-order chi connectivity index (χ1) is 8.26. The van der Waals surface area contributed by atoms with Gasteiger partial charge in [-0.15, -0.1) is 0 Å². The molecule has 6 nitrogen and oxygen atoms in total. The lowest BCUT2D eigenvalue weighted by molar-refractivity contribution is -0.135. The fraction of sp³-hybridized carbons (Fsp3) is 0.667. The molecule has 0 aliphatic heterocycles. The zero-order valence-electron chi connectivity index (χ0n) is 10.6. The highest BCUT2D eigenvalue weighted by Gasteiger charge is 2.39. The number of nitriles is 1. The summed E-state index contributed by atoms with van der Waals surface area (Å²) in [7, 11) is 0. The number of carbonyl (C=O) groups excluding carboxylic acids is 3. The van der Waals surface area contributed by atoms with Crippen LogP contribution in [-0.4, -0.2) is 29.4 Å². The summed E-state index contributed by atoms with van der Waals surface area (Å²) >= 11 is 0. The van der Waals surface area contributed by atoms with Gasteiger partial charge in [-0.25, -0.2) is 0 Å². The maximum atomic E-state index is 11.7. The van der Waals surface area contributed by atoms with Crippen LogP contribution in [0.25, 0.3) is 0 Å². The van der Waals surface area contributed by atoms with Crippen LogP contribution in [0, 0.1) is 16.7 Å². The van der Waals surface area contributed by atoms with Gasteiger partial charge < -0.3 is 0 Å². The SMILES string of the molecule is CC(=O)C(C#N)N=NC1C(=O)CC(C)(C)CC1=O. The number of hydrogen-bond acceptors (Lipinski definition) is 6. The van der Waals surface area contributed by atoms with Crippen LogP contribution in [-0.2, 0) is 14.4 Å². The second-order valence-corrected chi connectivity index (χ2v) is 5.23. The van der Waals surface area contributed by atoms with Crippen molar-refractivity contribution >= 4 is 17.3 Å². The zero-order valence-corrected chi connectivity index (χ0v) is 10.6. The van der Waals surface area contributed by atoms with Gasteiger partial charge in [-0.3, -0.25) is 14.4 Å². The van der Waals surface area contributed by atoms with Gasteiger partial charge in [0.2, 0.25) is 6.04 Å². The van der Waals surface area contributed by atoms with Crippen molar-refractivity contribution in [3.8, 4) is 6.07 Å². The number of Topliss-reactive ketones (excluding diaryl/α,β-unsaturated/α-hetero) is 3. The average Bonchev–Trinajstić information content (AvgIpc) is 2.20. The molecule has 0 spiro atoms. The largest absolute Gasteiger partial charge is 0.297 e. The van der Waals surface area contributed by atoms with E-state index in [1.54, 1.807) is 6.07 Å². The topological polar surface area (TPSA) is 99.7 Å². The summed E-state index contributed by atoms with van der Waals surface area (Å²) in [5, 5.41) is 15.7. The van der Waals surface area contributed by atoms with Gasteiger partial charge in [-0.05, 0) is 12.3 Å². The Balaban J connectivity index is 2.83. The van der Waals surface area contributed by atoms with E-state index in [0.717, 1.165) is 0 Å². The predicted molar refractivity (Wildman–Crippen MR) is 61.8 cm³/mol. The van der Waals surface area contributed by atoms with Gasteiger partial charge in [0.15, 0.2) is 23.4 Å². The van der Waals surface area contributed by atoms with Gasteiger partial charge in [-0.2, -0.15) is 15.5 Å². The quantitative estimate of drug-likeness (QED) is 0.555. The monoisotopic (exact) mass is 249 g/mol. The molecule has 6 heteroatoms. The van der Waals surface area contributed by atoms with Crippen LogP contribution in [0.3, 0.4) is 0 Å². The lowest BCUT2D eigenvalue weighted by atomic mass is 9.74. The van der Waals surface area contributed by atoms with Crippen LogP contribution in [0.15, 0.2) is 10.2 Å². The summed E-state index contributed by atoms with van der Waals surface area (Å²) in [5.41, 5.74) is -0.352. The highest BCUT2D eigenvalue weighted by atomic mass is 16.2. The van der Waals surface area contributed by atoms with E-state index in [-0.39, 0.29) is 29.8 Å². The van der Waals surface area contributed by atoms with E-state index in [1.807, 2.05) is 13.8 Å². The van der Waals surface area contributed by atoms with Gasteiger partial charge in [0.05, 0.1) is 6.07 Å². The molecule has 1 aliphatic carbocycles. The van der Waals surface area contributed by atoms with E-state index in [9.17, 15) is 14.4 Å². The lowest BCUT2D eigenvalue weighted by Crippen LogP contribution is -2.40. The van der Waals surface area contributed by atoms with Crippen molar-refractivity contribution in [1.29, 1.82) is 5.26 Å². The minimum Gasteiger partial charge on any atom is -0.297 e. The Labute approximate surface area is 105 Å². The van der Waals surface area contributed by atoms with E-state index in [0.29, 0.717) is 0 Å². The second kappa shape index (κ2) is 5.17. The first-order valence-electron chi connectivity index (χ1n) is 5.62. The van der Waals surface area contributed by atoms with Crippen LogP contribution < -0.4 is 0 Å². The Hall–Kier alpha value is -1.90. The molecule has 1 atom stereocenters. The average molecular weight is 249 g/mol. The van der Waals surface area contributed by atoms with Crippen LogP contribution in [0.2, 0.25) is 0 Å². The van der Waals surface area contributed by atoms with Gasteiger partial charge in [0, 0.05) is 12.8 Å². The van der Waals surface area contributed by atoms with E-state index in [1.165, 1.54) is 6.92 Å². The molecular weight excluding hydrogens is 234 g/mol. The number of azo groups is 1. The second-order valence-electron chi connectivity index (χ2n) is 5.23. The fourth-order valence-electron chi connectivity index (χ4n) is 1.84. The highest BCUT2D eigenvalue weighted by molar-refractivity contribution is 6.09. The fourth-order valence-corrected chi connectivity index (χ4v) is 1.84. The molecule has 1 unspecified atom stereocenters. The molecule has 1 aliphatic rings. The summed E-state index contributed by atoms with van der Waals surface area (Å²) in [4.78, 5) is 34.5. The van der Waals surface area contributed by atoms with Gasteiger partial charge >= 0.3 is 0 Å². The van der Waals surface area contributed by atoms with Crippen molar-refractivity contribution in [3.63, 3.8) is 0 Å². The van der Waals surface area contributed by atoms with Crippen molar-refractivity contribution in [2.75, 3.05) is 0 Å². The van der Waals surface area contributed by atoms with Crippen molar-refractivity contribution in [1.82, 2.24) is 0 Å². The van der Waals surface area contributed by atoms with Gasteiger partial charge in [0.25, 0.3) is 0 Å². The zero-order chi connectivity index (χ0) is 13.9. The molecule has 0 N–H and O–H groups in total. The first kappa shape index (κ1) is 14.2. The normalized spacial score (nSPS) is 21.9. The van der Waals surface area contributed by atoms with E-state index < -0.39 is 17.9 Å². The number of carbonyl (C=O) groups is 3. The van der Waals surface area contributed by atoms with Crippen molar-refractivity contribution in [2.24, 2.45) is 15.6 Å². The molecule has 0 aromatic heterocycles. The molecule has 0 aromatic rings. The smallest absolute Gasteiger partial charge is 0.214 e. The van der Waals surface area contributed by atoms with Gasteiger partial charge in [-0.1, -0.05) is 13.8 Å². The summed E-state index contributed by atoms with van der Waals surface area (Å²) in [6, 6.07) is -0.726. The molecular formula is C12H15N3O3. The van der Waals surface area contributed by atoms with E-state index >= 15 is 0 Å². The summed E-state index contributed by atoms with van der Waals surface area (Å²) in [6.45, 7) is 4.88. The lowest BCUT2D eigenvalue weighted by Gasteiger charge is -2.29. The first-order valence-corrected chi connectivity index (χ1v) is 5.62. The van der Waals surface area contributed by atoms with Crippen molar-refractivity contribution < 1.29 is 14.4 Å². The summed E-state index contributed by atoms with van der Waals surface area (Å²) in [5.74, 6) is -1.07. The number of hydrogen-bond donors (Lipinski definition) is 0. The van der Waals surface area contributed by atoms with Crippen LogP contribution in [0.1, 0.15) is 33.6 Å². The number of rotatable bonds is 3. The Bertz CT molecular complexity index is 440. The van der Waals surface area contributed by atoms with Crippen LogP contribution in [0.4, 0.5) is 0 Å². The molecule has 1 rings (SSSR count). The molecule has 0 saturated heterocycles. The maximum absolute atomic E-state index is 11.7. The molecule has 0 heterocycles. The summed E-state index contributed by atoms with van der Waals surface area (Å²) in [6.07, 6.45) is 0.499. The van der Waals surface area contributed by atoms with E-state index in [2.05, 4.69) is 10.2 Å². The van der Waals surface area contributed by atoms with Gasteiger partial charge in [0.1, 0.15) is 0 Å². The molecule has 18 heavy (non-hydrogen) atoms. The minimum atomic E-state index is -1.24. The maximum Gasteiger partial charge on any atom is 0.214 e. The standard InChI is InChI=1S/C12H15N3O3/c1-7(16)8(6-13)14-15-11-9(17)4-12(2,3)5-10(11)18/h8,11H,4-5H2,1-3H3. The van der Waals surface area contributed by atoms with Crippen LogP contribution in [0.5, 0.6) is 0 Å². The third-order valence-corrected chi connectivity index (χ3v) is 2.72. The van der Waals surface area contributed by atoms with Crippen molar-refractivity contribution in [2.45, 2.75) is 45.7 Å². The Morgan fingerprint density at radius 2 is 1.89 bits per heavy atom. The number of nitrogens with zero attached hydrogens (tertiary/aromatic N) is 3. The molecule has 0 radical (unpaired) electrons. The Kier molecular flexibility index (Phi) is 4.07. The Morgan fingerprint density at radius 1 is 1.39 bits per heavy atom. The molecule has 96 valence electrons. The summed E-state index contributed by atoms with van der Waals surface area (Å²) < 4.78 is 0. The third-order valence-electron chi connectivity index (χ3n) is 2.72. The predicted octanol–water partition coefficient (Wildman–Crippen LogP) is 1.25. The highest BCUT2D eigenvalue weighted by Crippen LogP contribution is 2.32. The molecule has 0 aromatic carbocycles. The number of ketones is 3. The van der Waals surface area contributed by atoms with E-state index in [4.69, 9.17) is 5.26 Å². The molecule has 0 bridgehead atoms. The molecule has 1 fully saturated rings. The molecule has 0 amide bonds. The van der Waals surface area contributed by atoms with Crippen molar-refractivity contribution in [3.05, 3.63) is 0 Å². The Morgan fingerprint density at radius 3 is 2.28 bits per heavy atom. The third kappa shape index (κ3) is 3.29.